The third-order valence-electron chi connectivity index (χ3n) is 3.05. The van der Waals surface area contributed by atoms with E-state index in [0.717, 1.165) is 11.1 Å². The number of benzene rings is 2. The van der Waals surface area contributed by atoms with Crippen LogP contribution in [0.25, 0.3) is 12.2 Å². The molecule has 0 aliphatic heterocycles. The summed E-state index contributed by atoms with van der Waals surface area (Å²) in [5, 5.41) is 0. The summed E-state index contributed by atoms with van der Waals surface area (Å²) in [7, 11) is -4.33. The Bertz CT molecular complexity index is 812. The van der Waals surface area contributed by atoms with Crippen LogP contribution in [0.2, 0.25) is 0 Å². The van der Waals surface area contributed by atoms with E-state index in [4.69, 9.17) is 11.5 Å². The van der Waals surface area contributed by atoms with Crippen molar-refractivity contribution in [3.63, 3.8) is 0 Å². The Hall–Kier alpha value is -2.31. The molecule has 5 nitrogen and oxygen atoms in total. The van der Waals surface area contributed by atoms with Gasteiger partial charge in [0, 0.05) is 11.4 Å². The second-order valence-electron chi connectivity index (χ2n) is 4.72. The molecule has 0 bridgehead atoms. The van der Waals surface area contributed by atoms with Gasteiger partial charge >= 0.3 is 0 Å². The number of rotatable bonds is 3. The number of hydrogen-bond donors (Lipinski definition) is 3. The van der Waals surface area contributed by atoms with Crippen LogP contribution in [-0.4, -0.2) is 13.0 Å². The van der Waals surface area contributed by atoms with Gasteiger partial charge in [-0.15, -0.1) is 0 Å². The minimum Gasteiger partial charge on any atom is -0.399 e. The Morgan fingerprint density at radius 1 is 0.952 bits per heavy atom. The SMILES string of the molecule is Cc1cc(N)ccc1/C=C/c1ccc(N)cc1S(=O)(=O)O. The largest absolute Gasteiger partial charge is 0.399 e. The van der Waals surface area contributed by atoms with E-state index in [-0.39, 0.29) is 10.6 Å². The van der Waals surface area contributed by atoms with Gasteiger partial charge in [-0.25, -0.2) is 0 Å². The predicted octanol–water partition coefficient (Wildman–Crippen LogP) is 2.58. The third-order valence-corrected chi connectivity index (χ3v) is 3.96. The lowest BCUT2D eigenvalue weighted by Crippen LogP contribution is -2.02. The molecule has 0 aliphatic carbocycles. The topological polar surface area (TPSA) is 106 Å². The van der Waals surface area contributed by atoms with Gasteiger partial charge in [-0.05, 0) is 47.9 Å². The highest BCUT2D eigenvalue weighted by molar-refractivity contribution is 7.86. The number of nitrogens with two attached hydrogens (primary N) is 2. The molecular weight excluding hydrogens is 288 g/mol. The Kier molecular flexibility index (Phi) is 4.02. The predicted molar refractivity (Wildman–Crippen MR) is 85.2 cm³/mol. The van der Waals surface area contributed by atoms with Crippen molar-refractivity contribution in [3.05, 3.63) is 53.1 Å². The smallest absolute Gasteiger partial charge is 0.295 e. The van der Waals surface area contributed by atoms with E-state index in [1.54, 1.807) is 30.4 Å². The number of anilines is 2. The first kappa shape index (κ1) is 15.1. The van der Waals surface area contributed by atoms with E-state index in [9.17, 15) is 13.0 Å². The second-order valence-corrected chi connectivity index (χ2v) is 6.11. The summed E-state index contributed by atoms with van der Waals surface area (Å²) in [6, 6.07) is 9.77. The van der Waals surface area contributed by atoms with E-state index in [2.05, 4.69) is 0 Å². The van der Waals surface area contributed by atoms with Crippen LogP contribution < -0.4 is 11.5 Å². The van der Waals surface area contributed by atoms with Crippen molar-refractivity contribution in [2.45, 2.75) is 11.8 Å². The van der Waals surface area contributed by atoms with Crippen molar-refractivity contribution in [2.24, 2.45) is 0 Å². The second kappa shape index (κ2) is 5.59. The third kappa shape index (κ3) is 3.62. The molecule has 0 heterocycles. The van der Waals surface area contributed by atoms with E-state index >= 15 is 0 Å². The molecule has 0 aliphatic rings. The molecule has 2 rings (SSSR count). The van der Waals surface area contributed by atoms with Gasteiger partial charge in [0.25, 0.3) is 10.1 Å². The van der Waals surface area contributed by atoms with Crippen molar-refractivity contribution < 1.29 is 13.0 Å². The standard InChI is InChI=1S/C15H16N2O3S/c1-10-8-13(16)6-4-11(10)2-3-12-5-7-14(17)9-15(12)21(18,19)20/h2-9H,16-17H2,1H3,(H,18,19,20)/b3-2+. The van der Waals surface area contributed by atoms with Crippen LogP contribution in [0.5, 0.6) is 0 Å². The Balaban J connectivity index is 2.46. The summed E-state index contributed by atoms with van der Waals surface area (Å²) >= 11 is 0. The van der Waals surface area contributed by atoms with Crippen LogP contribution in [0.15, 0.2) is 41.3 Å². The van der Waals surface area contributed by atoms with Crippen molar-refractivity contribution in [2.75, 3.05) is 11.5 Å². The molecule has 110 valence electrons. The molecule has 0 unspecified atom stereocenters. The maximum Gasteiger partial charge on any atom is 0.295 e. The van der Waals surface area contributed by atoms with E-state index in [1.807, 2.05) is 19.1 Å². The summed E-state index contributed by atoms with van der Waals surface area (Å²) in [5.74, 6) is 0. The summed E-state index contributed by atoms with van der Waals surface area (Å²) in [6.45, 7) is 1.91. The summed E-state index contributed by atoms with van der Waals surface area (Å²) in [5.41, 5.74) is 14.4. The Morgan fingerprint density at radius 2 is 1.48 bits per heavy atom. The van der Waals surface area contributed by atoms with Gasteiger partial charge in [0.05, 0.1) is 0 Å². The molecule has 0 atom stereocenters. The van der Waals surface area contributed by atoms with Crippen molar-refractivity contribution in [1.82, 2.24) is 0 Å². The fourth-order valence-corrected chi connectivity index (χ4v) is 2.70. The van der Waals surface area contributed by atoms with Gasteiger partial charge in [-0.1, -0.05) is 24.3 Å². The molecule has 0 spiro atoms. The van der Waals surface area contributed by atoms with Gasteiger partial charge in [0.15, 0.2) is 0 Å². The van der Waals surface area contributed by atoms with Crippen molar-refractivity contribution in [3.8, 4) is 0 Å². The first-order valence-corrected chi connectivity index (χ1v) is 7.62. The minimum absolute atomic E-state index is 0.216. The average molecular weight is 304 g/mol. The number of hydrogen-bond acceptors (Lipinski definition) is 4. The molecule has 0 radical (unpaired) electrons. The highest BCUT2D eigenvalue weighted by atomic mass is 32.2. The van der Waals surface area contributed by atoms with Crippen LogP contribution in [0, 0.1) is 6.92 Å². The fraction of sp³-hybridized carbons (Fsp3) is 0.0667. The zero-order valence-electron chi connectivity index (χ0n) is 11.4. The number of nitrogen functional groups attached to an aromatic ring is 2. The van der Waals surface area contributed by atoms with Crippen LogP contribution >= 0.6 is 0 Å². The van der Waals surface area contributed by atoms with Gasteiger partial charge in [-0.2, -0.15) is 8.42 Å². The van der Waals surface area contributed by atoms with Gasteiger partial charge in [0.1, 0.15) is 4.90 Å². The van der Waals surface area contributed by atoms with Crippen LogP contribution in [0.3, 0.4) is 0 Å². The number of aryl methyl sites for hydroxylation is 1. The molecule has 2 aromatic rings. The van der Waals surface area contributed by atoms with Crippen LogP contribution in [-0.2, 0) is 10.1 Å². The molecule has 5 N–H and O–H groups in total. The molecule has 21 heavy (non-hydrogen) atoms. The lowest BCUT2D eigenvalue weighted by atomic mass is 10.1. The average Bonchev–Trinajstić information content (AvgIpc) is 2.38. The van der Waals surface area contributed by atoms with Crippen molar-refractivity contribution >= 4 is 33.6 Å². The molecule has 0 saturated carbocycles. The lowest BCUT2D eigenvalue weighted by molar-refractivity contribution is 0.483. The molecule has 2 aromatic carbocycles. The van der Waals surface area contributed by atoms with E-state index < -0.39 is 10.1 Å². The maximum absolute atomic E-state index is 11.4. The Morgan fingerprint density at radius 3 is 2.05 bits per heavy atom. The minimum atomic E-state index is -4.33. The highest BCUT2D eigenvalue weighted by Crippen LogP contribution is 2.22. The van der Waals surface area contributed by atoms with Crippen LogP contribution in [0.1, 0.15) is 16.7 Å². The highest BCUT2D eigenvalue weighted by Gasteiger charge is 2.14. The van der Waals surface area contributed by atoms with Gasteiger partial charge < -0.3 is 11.5 Å². The van der Waals surface area contributed by atoms with Gasteiger partial charge in [0.2, 0.25) is 0 Å². The van der Waals surface area contributed by atoms with E-state index in [1.165, 1.54) is 6.07 Å². The van der Waals surface area contributed by atoms with Gasteiger partial charge in [-0.3, -0.25) is 4.55 Å². The summed E-state index contributed by atoms with van der Waals surface area (Å²) < 4.78 is 32.0. The molecular formula is C15H16N2O3S. The molecule has 0 amide bonds. The first-order chi connectivity index (χ1) is 9.77. The fourth-order valence-electron chi connectivity index (χ4n) is 1.98. The monoisotopic (exact) mass is 304 g/mol. The van der Waals surface area contributed by atoms with E-state index in [0.29, 0.717) is 11.3 Å². The molecule has 0 saturated heterocycles. The quantitative estimate of drug-likeness (QED) is 0.459. The lowest BCUT2D eigenvalue weighted by Gasteiger charge is -2.05. The summed E-state index contributed by atoms with van der Waals surface area (Å²) in [4.78, 5) is -0.216. The zero-order chi connectivity index (χ0) is 15.6. The molecule has 0 aromatic heterocycles. The van der Waals surface area contributed by atoms with Crippen LogP contribution in [0.4, 0.5) is 11.4 Å². The maximum atomic E-state index is 11.4. The molecule has 0 fully saturated rings. The normalized spacial score (nSPS) is 11.9. The zero-order valence-corrected chi connectivity index (χ0v) is 12.3. The first-order valence-electron chi connectivity index (χ1n) is 6.18. The van der Waals surface area contributed by atoms with Crippen molar-refractivity contribution in [1.29, 1.82) is 0 Å². The molecule has 6 heteroatoms. The Labute approximate surface area is 123 Å². The summed E-state index contributed by atoms with van der Waals surface area (Å²) in [6.07, 6.45) is 3.37.